The van der Waals surface area contributed by atoms with E-state index in [1.165, 1.54) is 143 Å². The van der Waals surface area contributed by atoms with Gasteiger partial charge >= 0.3 is 23.9 Å². The maximum absolute atomic E-state index is 13.4. The van der Waals surface area contributed by atoms with Crippen LogP contribution in [0.3, 0.4) is 0 Å². The fourth-order valence-corrected chi connectivity index (χ4v) is 7.51. The fraction of sp³-hybridized carbons (Fsp3) is 0.630. The van der Waals surface area contributed by atoms with Crippen LogP contribution in [0.15, 0.2) is 48.2 Å². The summed E-state index contributed by atoms with van der Waals surface area (Å²) in [5.41, 5.74) is 1.24. The fourth-order valence-electron chi connectivity index (χ4n) is 7.51. The van der Waals surface area contributed by atoms with Gasteiger partial charge in [-0.3, -0.25) is 9.59 Å². The van der Waals surface area contributed by atoms with E-state index in [2.05, 4.69) is 9.47 Å². The largest absolute Gasteiger partial charge is 0.504 e. The first-order valence-electron chi connectivity index (χ1n) is 24.8. The van der Waals surface area contributed by atoms with Crippen LogP contribution in [0.5, 0.6) is 23.0 Å². The Morgan fingerprint density at radius 3 is 1.33 bits per heavy atom. The van der Waals surface area contributed by atoms with E-state index < -0.39 is 11.9 Å². The van der Waals surface area contributed by atoms with Gasteiger partial charge in [0, 0.05) is 18.9 Å². The molecule has 0 amide bonds. The van der Waals surface area contributed by atoms with Crippen LogP contribution < -0.4 is 14.2 Å². The number of unbranched alkanes of at least 4 members (excludes halogenated alkanes) is 24. The standard InChI is InChI=1S/C54H82O12/c1-60-48-42-45(33-36-46(48)55)43-50(54(59)65-40-30-26-22-18-14-10-6-8-12-16-20-24-28-32-52(57)63-4)66-47-37-34-44(41-49(47)61-2)35-38-53(58)64-39-29-25-21-17-13-9-5-7-11-15-19-23-27-31-51(56)62-3/h33-38,41-43,55H,5-32,39-40H2,1-4H3/b38-35+,50-43+. The Labute approximate surface area is 396 Å². The minimum absolute atomic E-state index is 0.0308. The molecule has 2 aromatic rings. The highest BCUT2D eigenvalue weighted by Gasteiger charge is 2.18. The zero-order chi connectivity index (χ0) is 47.9. The van der Waals surface area contributed by atoms with Crippen LogP contribution >= 0.6 is 0 Å². The molecule has 0 fully saturated rings. The number of phenols is 1. The van der Waals surface area contributed by atoms with Gasteiger partial charge in [0.25, 0.3) is 0 Å². The number of methoxy groups -OCH3 is 4. The molecule has 2 aromatic carbocycles. The Kier molecular flexibility index (Phi) is 33.0. The molecule has 0 bridgehead atoms. The number of hydrogen-bond donors (Lipinski definition) is 1. The van der Waals surface area contributed by atoms with Crippen molar-refractivity contribution in [3.8, 4) is 23.0 Å². The lowest BCUT2D eigenvalue weighted by Gasteiger charge is -2.14. The quantitative estimate of drug-likeness (QED) is 0.0222. The van der Waals surface area contributed by atoms with Crippen LogP contribution in [0, 0.1) is 0 Å². The number of aromatic hydroxyl groups is 1. The SMILES string of the molecule is COC(=O)CCCCCCCCCCCCCCCOC(=O)/C=C/c1ccc(O/C(=C/c2ccc(O)c(OC)c2)C(=O)OCCCCCCCCCCCCCCCC(=O)OC)c(OC)c1. The van der Waals surface area contributed by atoms with Crippen molar-refractivity contribution in [3.63, 3.8) is 0 Å². The van der Waals surface area contributed by atoms with Gasteiger partial charge in [-0.1, -0.05) is 153 Å². The molecule has 66 heavy (non-hydrogen) atoms. The highest BCUT2D eigenvalue weighted by atomic mass is 16.6. The summed E-state index contributed by atoms with van der Waals surface area (Å²) in [6, 6.07) is 9.84. The van der Waals surface area contributed by atoms with E-state index in [1.807, 2.05) is 0 Å². The monoisotopic (exact) mass is 923 g/mol. The Hall–Kier alpha value is -5.00. The number of carbonyl (C=O) groups excluding carboxylic acids is 4. The highest BCUT2D eigenvalue weighted by Crippen LogP contribution is 2.32. The van der Waals surface area contributed by atoms with Crippen molar-refractivity contribution in [1.82, 2.24) is 0 Å². The Morgan fingerprint density at radius 1 is 0.470 bits per heavy atom. The average molecular weight is 923 g/mol. The summed E-state index contributed by atoms with van der Waals surface area (Å²) >= 11 is 0. The maximum atomic E-state index is 13.4. The molecule has 12 nitrogen and oxygen atoms in total. The van der Waals surface area contributed by atoms with Crippen LogP contribution in [0.25, 0.3) is 12.2 Å². The van der Waals surface area contributed by atoms with E-state index in [0.717, 1.165) is 70.6 Å². The van der Waals surface area contributed by atoms with Gasteiger partial charge < -0.3 is 38.3 Å². The van der Waals surface area contributed by atoms with E-state index in [1.54, 1.807) is 36.4 Å². The highest BCUT2D eigenvalue weighted by molar-refractivity contribution is 5.92. The molecule has 0 aromatic heterocycles. The molecule has 0 spiro atoms. The van der Waals surface area contributed by atoms with E-state index in [9.17, 15) is 24.3 Å². The van der Waals surface area contributed by atoms with Gasteiger partial charge in [-0.15, -0.1) is 0 Å². The van der Waals surface area contributed by atoms with E-state index in [-0.39, 0.29) is 41.6 Å². The van der Waals surface area contributed by atoms with E-state index in [4.69, 9.17) is 23.7 Å². The first kappa shape index (κ1) is 57.1. The van der Waals surface area contributed by atoms with Crippen molar-refractivity contribution >= 4 is 36.0 Å². The molecular weight excluding hydrogens is 841 g/mol. The summed E-state index contributed by atoms with van der Waals surface area (Å²) < 4.78 is 37.5. The minimum Gasteiger partial charge on any atom is -0.504 e. The topological polar surface area (TPSA) is 153 Å². The summed E-state index contributed by atoms with van der Waals surface area (Å²) in [5, 5.41) is 10.1. The van der Waals surface area contributed by atoms with Gasteiger partial charge in [-0.05, 0) is 73.2 Å². The molecule has 1 N–H and O–H groups in total. The summed E-state index contributed by atoms with van der Waals surface area (Å²) in [4.78, 5) is 48.2. The molecule has 0 saturated carbocycles. The molecule has 0 aliphatic rings. The molecule has 0 aliphatic heterocycles. The van der Waals surface area contributed by atoms with Crippen molar-refractivity contribution < 1.29 is 57.4 Å². The number of ether oxygens (including phenoxy) is 7. The maximum Gasteiger partial charge on any atom is 0.374 e. The van der Waals surface area contributed by atoms with Gasteiger partial charge in [0.2, 0.25) is 5.76 Å². The molecular formula is C54H82O12. The third kappa shape index (κ3) is 28.1. The lowest BCUT2D eigenvalue weighted by molar-refractivity contribution is -0.142. The predicted octanol–water partition coefficient (Wildman–Crippen LogP) is 13.2. The lowest BCUT2D eigenvalue weighted by atomic mass is 10.0. The van der Waals surface area contributed by atoms with Gasteiger partial charge in [0.15, 0.2) is 23.0 Å². The van der Waals surface area contributed by atoms with Gasteiger partial charge in [-0.25, -0.2) is 9.59 Å². The van der Waals surface area contributed by atoms with Crippen LogP contribution in [-0.2, 0) is 38.1 Å². The number of phenolic OH excluding ortho intramolecular Hbond substituents is 1. The minimum atomic E-state index is -0.636. The second-order valence-electron chi connectivity index (χ2n) is 16.9. The van der Waals surface area contributed by atoms with Crippen molar-refractivity contribution in [1.29, 1.82) is 0 Å². The zero-order valence-electron chi connectivity index (χ0n) is 40.8. The molecule has 12 heteroatoms. The molecule has 0 heterocycles. The Bertz CT molecular complexity index is 1700. The summed E-state index contributed by atoms with van der Waals surface area (Å²) in [7, 11) is 5.82. The molecule has 370 valence electrons. The number of benzene rings is 2. The molecule has 0 radical (unpaired) electrons. The summed E-state index contributed by atoms with van der Waals surface area (Å²) in [5.74, 6) is -0.508. The van der Waals surface area contributed by atoms with Gasteiger partial charge in [0.05, 0.1) is 41.7 Å². The smallest absolute Gasteiger partial charge is 0.374 e. The first-order chi connectivity index (χ1) is 32.2. The Morgan fingerprint density at radius 2 is 0.879 bits per heavy atom. The lowest BCUT2D eigenvalue weighted by Crippen LogP contribution is -2.14. The van der Waals surface area contributed by atoms with Crippen molar-refractivity contribution in [2.75, 3.05) is 41.7 Å². The molecule has 0 unspecified atom stereocenters. The molecule has 0 aliphatic carbocycles. The zero-order valence-corrected chi connectivity index (χ0v) is 40.8. The van der Waals surface area contributed by atoms with Crippen molar-refractivity contribution in [2.45, 2.75) is 180 Å². The predicted molar refractivity (Wildman–Crippen MR) is 261 cm³/mol. The van der Waals surface area contributed by atoms with Crippen molar-refractivity contribution in [3.05, 3.63) is 59.4 Å². The van der Waals surface area contributed by atoms with Crippen molar-refractivity contribution in [2.24, 2.45) is 0 Å². The Balaban J connectivity index is 1.73. The van der Waals surface area contributed by atoms with Crippen LogP contribution in [0.2, 0.25) is 0 Å². The van der Waals surface area contributed by atoms with Crippen LogP contribution in [0.1, 0.15) is 191 Å². The van der Waals surface area contributed by atoms with E-state index >= 15 is 0 Å². The average Bonchev–Trinajstić information content (AvgIpc) is 3.33. The number of rotatable bonds is 40. The molecule has 0 saturated heterocycles. The van der Waals surface area contributed by atoms with Gasteiger partial charge in [-0.2, -0.15) is 0 Å². The normalized spacial score (nSPS) is 11.4. The van der Waals surface area contributed by atoms with Crippen LogP contribution in [0.4, 0.5) is 0 Å². The summed E-state index contributed by atoms with van der Waals surface area (Å²) in [6.45, 7) is 0.627. The summed E-state index contributed by atoms with van der Waals surface area (Å²) in [6.07, 6.45) is 35.0. The number of esters is 4. The molecule has 0 atom stereocenters. The molecule has 2 rings (SSSR count). The number of carbonyl (C=O) groups is 4. The second-order valence-corrected chi connectivity index (χ2v) is 16.9. The second kappa shape index (κ2) is 38.1. The van der Waals surface area contributed by atoms with Gasteiger partial charge in [0.1, 0.15) is 0 Å². The van der Waals surface area contributed by atoms with E-state index in [0.29, 0.717) is 36.3 Å². The first-order valence-corrected chi connectivity index (χ1v) is 24.8. The third-order valence-corrected chi connectivity index (χ3v) is 11.5. The number of hydrogen-bond acceptors (Lipinski definition) is 12. The van der Waals surface area contributed by atoms with Crippen LogP contribution in [-0.4, -0.2) is 70.6 Å². The third-order valence-electron chi connectivity index (χ3n) is 11.5.